The number of nitrogens with one attached hydrogen (secondary N) is 1. The third-order valence-corrected chi connectivity index (χ3v) is 5.68. The number of benzene rings is 2. The fourth-order valence-electron chi connectivity index (χ4n) is 2.17. The van der Waals surface area contributed by atoms with Crippen molar-refractivity contribution in [1.82, 2.24) is 4.72 Å². The molecule has 1 N–H and O–H groups in total. The number of hydrogen-bond acceptors (Lipinski definition) is 4. The molecule has 0 aliphatic heterocycles. The Kier molecular flexibility index (Phi) is 5.98. The minimum absolute atomic E-state index is 0.0657. The number of halogens is 2. The molecule has 130 valence electrons. The van der Waals surface area contributed by atoms with E-state index < -0.39 is 16.1 Å². The number of ether oxygens (including phenoxy) is 2. The maximum atomic E-state index is 12.6. The predicted molar refractivity (Wildman–Crippen MR) is 94.7 cm³/mol. The van der Waals surface area contributed by atoms with E-state index in [9.17, 15) is 8.42 Å². The van der Waals surface area contributed by atoms with Gasteiger partial charge in [-0.1, -0.05) is 29.3 Å². The Balaban J connectivity index is 2.31. The SMILES string of the molecule is COc1ccc([C@H](C)NS(=O)(=O)c2cc(Cl)ccc2Cl)cc1OC. The minimum atomic E-state index is -3.83. The van der Waals surface area contributed by atoms with E-state index in [2.05, 4.69) is 4.72 Å². The summed E-state index contributed by atoms with van der Waals surface area (Å²) in [4.78, 5) is -0.0657. The van der Waals surface area contributed by atoms with Gasteiger partial charge in [0.1, 0.15) is 4.90 Å². The van der Waals surface area contributed by atoms with Gasteiger partial charge in [0.05, 0.1) is 19.2 Å². The summed E-state index contributed by atoms with van der Waals surface area (Å²) < 4.78 is 38.1. The summed E-state index contributed by atoms with van der Waals surface area (Å²) in [5.74, 6) is 1.08. The van der Waals surface area contributed by atoms with Crippen molar-refractivity contribution in [3.63, 3.8) is 0 Å². The van der Waals surface area contributed by atoms with Crippen molar-refractivity contribution in [1.29, 1.82) is 0 Å². The molecule has 0 heterocycles. The van der Waals surface area contributed by atoms with E-state index in [4.69, 9.17) is 32.7 Å². The van der Waals surface area contributed by atoms with Crippen LogP contribution in [0.25, 0.3) is 0 Å². The van der Waals surface area contributed by atoms with Gasteiger partial charge in [-0.25, -0.2) is 13.1 Å². The normalized spacial score (nSPS) is 12.7. The van der Waals surface area contributed by atoms with E-state index in [1.807, 2.05) is 0 Å². The van der Waals surface area contributed by atoms with E-state index in [0.29, 0.717) is 16.5 Å². The Morgan fingerprint density at radius 3 is 2.29 bits per heavy atom. The lowest BCUT2D eigenvalue weighted by Gasteiger charge is -2.17. The molecule has 2 aromatic rings. The molecule has 2 aromatic carbocycles. The average Bonchev–Trinajstić information content (AvgIpc) is 2.55. The first-order valence-electron chi connectivity index (χ1n) is 6.98. The van der Waals surface area contributed by atoms with Gasteiger partial charge in [0.15, 0.2) is 11.5 Å². The molecule has 0 amide bonds. The summed E-state index contributed by atoms with van der Waals surface area (Å²) in [6.07, 6.45) is 0. The van der Waals surface area contributed by atoms with E-state index >= 15 is 0 Å². The lowest BCUT2D eigenvalue weighted by molar-refractivity contribution is 0.354. The number of hydrogen-bond donors (Lipinski definition) is 1. The van der Waals surface area contributed by atoms with Crippen molar-refractivity contribution < 1.29 is 17.9 Å². The first kappa shape index (κ1) is 18.9. The van der Waals surface area contributed by atoms with Gasteiger partial charge >= 0.3 is 0 Å². The van der Waals surface area contributed by atoms with E-state index in [1.54, 1.807) is 25.1 Å². The zero-order chi connectivity index (χ0) is 17.9. The van der Waals surface area contributed by atoms with Crippen molar-refractivity contribution in [2.45, 2.75) is 17.9 Å². The van der Waals surface area contributed by atoms with Crippen LogP contribution < -0.4 is 14.2 Å². The average molecular weight is 390 g/mol. The van der Waals surface area contributed by atoms with Crippen molar-refractivity contribution >= 4 is 33.2 Å². The minimum Gasteiger partial charge on any atom is -0.493 e. The molecule has 0 saturated heterocycles. The lowest BCUT2D eigenvalue weighted by atomic mass is 10.1. The zero-order valence-electron chi connectivity index (χ0n) is 13.3. The maximum absolute atomic E-state index is 12.6. The second kappa shape index (κ2) is 7.61. The van der Waals surface area contributed by atoms with Gasteiger partial charge in [-0.15, -0.1) is 0 Å². The molecular weight excluding hydrogens is 373 g/mol. The fourth-order valence-corrected chi connectivity index (χ4v) is 4.16. The molecule has 0 spiro atoms. The van der Waals surface area contributed by atoms with Gasteiger partial charge in [-0.05, 0) is 42.8 Å². The van der Waals surface area contributed by atoms with Crippen LogP contribution in [0.3, 0.4) is 0 Å². The van der Waals surface area contributed by atoms with Crippen LogP contribution in [0, 0.1) is 0 Å². The highest BCUT2D eigenvalue weighted by Crippen LogP contribution is 2.31. The van der Waals surface area contributed by atoms with Crippen LogP contribution in [-0.4, -0.2) is 22.6 Å². The Hall–Kier alpha value is -1.47. The van der Waals surface area contributed by atoms with Gasteiger partial charge in [-0.2, -0.15) is 0 Å². The van der Waals surface area contributed by atoms with Gasteiger partial charge in [0.25, 0.3) is 0 Å². The summed E-state index contributed by atoms with van der Waals surface area (Å²) >= 11 is 11.9. The second-order valence-corrected chi connectivity index (χ2v) is 7.56. The molecule has 0 aliphatic rings. The van der Waals surface area contributed by atoms with Crippen LogP contribution in [-0.2, 0) is 10.0 Å². The highest BCUT2D eigenvalue weighted by molar-refractivity contribution is 7.89. The molecule has 2 rings (SSSR count). The van der Waals surface area contributed by atoms with E-state index in [0.717, 1.165) is 5.56 Å². The van der Waals surface area contributed by atoms with Gasteiger partial charge < -0.3 is 9.47 Å². The van der Waals surface area contributed by atoms with Gasteiger partial charge in [0, 0.05) is 11.1 Å². The summed E-state index contributed by atoms with van der Waals surface area (Å²) in [7, 11) is -0.786. The Morgan fingerprint density at radius 2 is 1.67 bits per heavy atom. The summed E-state index contributed by atoms with van der Waals surface area (Å²) in [5, 5.41) is 0.393. The molecule has 0 saturated carbocycles. The van der Waals surface area contributed by atoms with Crippen LogP contribution >= 0.6 is 23.2 Å². The highest BCUT2D eigenvalue weighted by atomic mass is 35.5. The molecule has 0 aliphatic carbocycles. The maximum Gasteiger partial charge on any atom is 0.242 e. The molecule has 1 atom stereocenters. The summed E-state index contributed by atoms with van der Waals surface area (Å²) in [6, 6.07) is 8.96. The third-order valence-electron chi connectivity index (χ3n) is 3.42. The van der Waals surface area contributed by atoms with Crippen LogP contribution in [0.15, 0.2) is 41.3 Å². The van der Waals surface area contributed by atoms with Crippen LogP contribution in [0.1, 0.15) is 18.5 Å². The smallest absolute Gasteiger partial charge is 0.242 e. The van der Waals surface area contributed by atoms with Gasteiger partial charge in [-0.3, -0.25) is 0 Å². The molecule has 0 unspecified atom stereocenters. The summed E-state index contributed by atoms with van der Waals surface area (Å²) in [5.41, 5.74) is 0.717. The van der Waals surface area contributed by atoms with Crippen molar-refractivity contribution in [2.75, 3.05) is 14.2 Å². The monoisotopic (exact) mass is 389 g/mol. The first-order chi connectivity index (χ1) is 11.3. The number of rotatable bonds is 6. The number of sulfonamides is 1. The van der Waals surface area contributed by atoms with E-state index in [-0.39, 0.29) is 9.92 Å². The zero-order valence-corrected chi connectivity index (χ0v) is 15.7. The molecule has 0 fully saturated rings. The van der Waals surface area contributed by atoms with Crippen molar-refractivity contribution in [3.8, 4) is 11.5 Å². The standard InChI is InChI=1S/C16H17Cl2NO4S/c1-10(11-4-7-14(22-2)15(8-11)23-3)19-24(20,21)16-9-12(17)5-6-13(16)18/h4-10,19H,1-3H3/t10-/m0/s1. The molecular formula is C16H17Cl2NO4S. The topological polar surface area (TPSA) is 64.6 Å². The second-order valence-electron chi connectivity index (χ2n) is 5.03. The first-order valence-corrected chi connectivity index (χ1v) is 9.21. The molecule has 0 bridgehead atoms. The van der Waals surface area contributed by atoms with Crippen LogP contribution in [0.2, 0.25) is 10.0 Å². The Bertz CT molecular complexity index is 840. The Morgan fingerprint density at radius 1 is 1.00 bits per heavy atom. The lowest BCUT2D eigenvalue weighted by Crippen LogP contribution is -2.27. The molecule has 0 aromatic heterocycles. The molecule has 8 heteroatoms. The molecule has 24 heavy (non-hydrogen) atoms. The quantitative estimate of drug-likeness (QED) is 0.808. The summed E-state index contributed by atoms with van der Waals surface area (Å²) in [6.45, 7) is 1.72. The highest BCUT2D eigenvalue weighted by Gasteiger charge is 2.22. The third kappa shape index (κ3) is 4.13. The molecule has 0 radical (unpaired) electrons. The van der Waals surface area contributed by atoms with Crippen molar-refractivity contribution in [2.24, 2.45) is 0 Å². The van der Waals surface area contributed by atoms with E-state index in [1.165, 1.54) is 32.4 Å². The number of methoxy groups -OCH3 is 2. The fraction of sp³-hybridized carbons (Fsp3) is 0.250. The van der Waals surface area contributed by atoms with Crippen molar-refractivity contribution in [3.05, 3.63) is 52.0 Å². The van der Waals surface area contributed by atoms with Gasteiger partial charge in [0.2, 0.25) is 10.0 Å². The van der Waals surface area contributed by atoms with Crippen LogP contribution in [0.4, 0.5) is 0 Å². The van der Waals surface area contributed by atoms with Crippen LogP contribution in [0.5, 0.6) is 11.5 Å². The Labute approximate surface area is 151 Å². The predicted octanol–water partition coefficient (Wildman–Crippen LogP) is 4.05. The largest absolute Gasteiger partial charge is 0.493 e. The molecule has 5 nitrogen and oxygen atoms in total.